The number of hydrogen-bond acceptors (Lipinski definition) is 16. The van der Waals surface area contributed by atoms with Crippen molar-refractivity contribution in [1.29, 1.82) is 5.26 Å². The molecule has 2 saturated carbocycles. The van der Waals surface area contributed by atoms with Crippen LogP contribution in [0.2, 0.25) is 0 Å². The van der Waals surface area contributed by atoms with Gasteiger partial charge in [-0.05, 0) is 71.3 Å². The van der Waals surface area contributed by atoms with Crippen LogP contribution < -0.4 is 37.3 Å². The van der Waals surface area contributed by atoms with Crippen molar-refractivity contribution >= 4 is 39.6 Å². The minimum atomic E-state index is -3.30. The number of nitriles is 1. The molecule has 7 N–H and O–H groups in total. The van der Waals surface area contributed by atoms with Crippen LogP contribution in [0.1, 0.15) is 77.6 Å². The Bertz CT molecular complexity index is 1910. The van der Waals surface area contributed by atoms with Crippen LogP contribution in [-0.2, 0) is 34.0 Å². The van der Waals surface area contributed by atoms with Crippen LogP contribution in [0.25, 0.3) is 0 Å². The van der Waals surface area contributed by atoms with Gasteiger partial charge in [-0.3, -0.25) is 65.4 Å². The predicted octanol–water partition coefficient (Wildman–Crippen LogP) is -2.64. The third-order valence-electron chi connectivity index (χ3n) is 16.2. The molecule has 9 rings (SSSR count). The van der Waals surface area contributed by atoms with E-state index in [1.807, 2.05) is 0 Å². The van der Waals surface area contributed by atoms with Crippen LogP contribution in [0.15, 0.2) is 0 Å². The number of likely N-dealkylation sites (tertiary alicyclic amines) is 1. The number of fused-ring (bicyclic) bond motifs is 2. The van der Waals surface area contributed by atoms with Crippen molar-refractivity contribution in [2.24, 2.45) is 29.6 Å². The van der Waals surface area contributed by atoms with Crippen molar-refractivity contribution in [2.75, 3.05) is 77.7 Å². The van der Waals surface area contributed by atoms with Gasteiger partial charge in [0.05, 0.1) is 41.8 Å². The quantitative estimate of drug-likeness (QED) is 0.0936. The minimum absolute atomic E-state index is 0.00182. The summed E-state index contributed by atoms with van der Waals surface area (Å²) in [5.74, 6) is -1.35. The van der Waals surface area contributed by atoms with Crippen molar-refractivity contribution in [1.82, 2.24) is 61.3 Å². The van der Waals surface area contributed by atoms with Gasteiger partial charge in [0.1, 0.15) is 12.3 Å². The maximum Gasteiger partial charge on any atom is 0.249 e. The van der Waals surface area contributed by atoms with Gasteiger partial charge >= 0.3 is 0 Å². The SMILES string of the molecule is CCS(=O)(=O)N1CC(CC#N)(N2CC(C3NC(NC4CCC(C(=O)NCCN5CCN(C6CCC7C(=O)N(C8CCC(=O)NC8=O)C(=O)C7C6)CC5)CC4)NC4NCCC43)CN2)C1. The number of carbonyl (C=O) groups is 5. The summed E-state index contributed by atoms with van der Waals surface area (Å²) >= 11 is 0. The fraction of sp³-hybridized carbons (Fsp3) is 0.857. The molecule has 0 spiro atoms. The number of hydrogen-bond donors (Lipinski definition) is 7. The lowest BCUT2D eigenvalue weighted by atomic mass is 9.78. The topological polar surface area (TPSA) is 244 Å². The first-order chi connectivity index (χ1) is 30.4. The monoisotopic (exact) mass is 898 g/mol. The molecule has 7 aliphatic heterocycles. The Hall–Kier alpha value is -3.17. The average molecular weight is 898 g/mol. The molecule has 9 unspecified atom stereocenters. The summed E-state index contributed by atoms with van der Waals surface area (Å²) < 4.78 is 26.6. The second-order valence-electron chi connectivity index (χ2n) is 19.7. The van der Waals surface area contributed by atoms with Crippen LogP contribution in [0.5, 0.6) is 0 Å². The molecule has 9 atom stereocenters. The number of carbonyl (C=O) groups excluding carboxylic acids is 5. The molecule has 5 amide bonds. The van der Waals surface area contributed by atoms with Crippen molar-refractivity contribution in [3.8, 4) is 6.07 Å². The largest absolute Gasteiger partial charge is 0.355 e. The number of sulfonamides is 1. The molecule has 348 valence electrons. The second-order valence-corrected chi connectivity index (χ2v) is 22.0. The summed E-state index contributed by atoms with van der Waals surface area (Å²) in [4.78, 5) is 70.2. The zero-order valence-corrected chi connectivity index (χ0v) is 37.4. The van der Waals surface area contributed by atoms with Gasteiger partial charge in [0.15, 0.2) is 0 Å². The third kappa shape index (κ3) is 9.06. The zero-order chi connectivity index (χ0) is 44.0. The molecule has 20 nitrogen and oxygen atoms in total. The number of piperazine rings is 1. The van der Waals surface area contributed by atoms with E-state index in [0.29, 0.717) is 38.4 Å². The second kappa shape index (κ2) is 18.6. The smallest absolute Gasteiger partial charge is 0.249 e. The summed E-state index contributed by atoms with van der Waals surface area (Å²) in [6.45, 7) is 9.64. The standard InChI is InChI=1S/C42H67N13O7S/c1-2-63(61,62)53-24-42(25-53,12-13-43)54-23-27(22-46-54)35-31-11-14-44-36(31)50-41(49-35)47-28-5-3-26(4-6-28)37(57)45-15-16-51-17-19-52(20-18-51)29-7-8-30-32(21-29)40(60)55(39(30)59)33-9-10-34(56)48-38(33)58/h26-33,35-36,41,44,46-47,49-50H,2-12,14-25H2,1H3,(H,45,57)(H,48,56,58). The van der Waals surface area contributed by atoms with Crippen LogP contribution >= 0.6 is 0 Å². The van der Waals surface area contributed by atoms with Gasteiger partial charge in [0.2, 0.25) is 39.6 Å². The highest BCUT2D eigenvalue weighted by molar-refractivity contribution is 7.89. The fourth-order valence-electron chi connectivity index (χ4n) is 12.5. The van der Waals surface area contributed by atoms with Crippen LogP contribution in [-0.4, -0.2) is 182 Å². The number of hydrazine groups is 1. The zero-order valence-electron chi connectivity index (χ0n) is 36.6. The molecule has 0 bridgehead atoms. The molecule has 0 aromatic carbocycles. The number of amides is 5. The highest BCUT2D eigenvalue weighted by Gasteiger charge is 2.56. The van der Waals surface area contributed by atoms with Crippen LogP contribution in [0, 0.1) is 40.9 Å². The van der Waals surface area contributed by atoms with E-state index in [-0.39, 0.29) is 97.0 Å². The number of nitrogens with zero attached hydrogens (tertiary/aromatic N) is 6. The fourth-order valence-corrected chi connectivity index (χ4v) is 13.7. The molecule has 0 aromatic heterocycles. The molecule has 21 heteroatoms. The molecule has 7 saturated heterocycles. The summed E-state index contributed by atoms with van der Waals surface area (Å²) in [5, 5.41) is 32.5. The first-order valence-electron chi connectivity index (χ1n) is 23.7. The predicted molar refractivity (Wildman–Crippen MR) is 228 cm³/mol. The Morgan fingerprint density at radius 2 is 1.70 bits per heavy atom. The Kier molecular flexibility index (Phi) is 13.3. The Morgan fingerprint density at radius 3 is 2.43 bits per heavy atom. The van der Waals surface area contributed by atoms with E-state index in [0.717, 1.165) is 95.8 Å². The number of piperidine rings is 1. The van der Waals surface area contributed by atoms with Gasteiger partial charge in [-0.25, -0.2) is 13.4 Å². The van der Waals surface area contributed by atoms with E-state index >= 15 is 0 Å². The van der Waals surface area contributed by atoms with E-state index in [9.17, 15) is 37.7 Å². The molecular formula is C42H67N13O7S. The van der Waals surface area contributed by atoms with Gasteiger partial charge in [-0.2, -0.15) is 9.57 Å². The molecule has 9 aliphatic rings. The molecule has 7 heterocycles. The van der Waals surface area contributed by atoms with E-state index in [4.69, 9.17) is 0 Å². The van der Waals surface area contributed by atoms with E-state index in [1.165, 1.54) is 4.31 Å². The van der Waals surface area contributed by atoms with Crippen molar-refractivity contribution in [3.05, 3.63) is 0 Å². The van der Waals surface area contributed by atoms with Gasteiger partial charge < -0.3 is 10.6 Å². The first kappa shape index (κ1) is 45.0. The maximum absolute atomic E-state index is 13.5. The summed E-state index contributed by atoms with van der Waals surface area (Å²) in [5.41, 5.74) is 3.05. The molecule has 0 aromatic rings. The molecule has 2 aliphatic carbocycles. The number of rotatable bonds is 13. The van der Waals surface area contributed by atoms with Crippen LogP contribution in [0.4, 0.5) is 0 Å². The molecule has 9 fully saturated rings. The van der Waals surface area contributed by atoms with Gasteiger partial charge in [0, 0.05) is 108 Å². The Balaban J connectivity index is 0.680. The lowest BCUT2D eigenvalue weighted by Gasteiger charge is -2.53. The lowest BCUT2D eigenvalue weighted by molar-refractivity contribution is -0.151. The molecular weight excluding hydrogens is 831 g/mol. The third-order valence-corrected chi connectivity index (χ3v) is 18.0. The first-order valence-corrected chi connectivity index (χ1v) is 25.3. The Morgan fingerprint density at radius 1 is 0.937 bits per heavy atom. The van der Waals surface area contributed by atoms with Gasteiger partial charge in [-0.1, -0.05) is 0 Å². The molecule has 0 radical (unpaired) electrons. The van der Waals surface area contributed by atoms with Crippen molar-refractivity contribution < 1.29 is 32.4 Å². The van der Waals surface area contributed by atoms with Gasteiger partial charge in [0.25, 0.3) is 0 Å². The number of nitrogens with one attached hydrogen (secondary N) is 7. The van der Waals surface area contributed by atoms with Crippen molar-refractivity contribution in [3.63, 3.8) is 0 Å². The van der Waals surface area contributed by atoms with E-state index in [2.05, 4.69) is 58.2 Å². The lowest BCUT2D eigenvalue weighted by Crippen LogP contribution is -2.73. The van der Waals surface area contributed by atoms with Gasteiger partial charge in [-0.15, -0.1) is 0 Å². The number of imide groups is 2. The van der Waals surface area contributed by atoms with E-state index in [1.54, 1.807) is 6.92 Å². The highest BCUT2D eigenvalue weighted by atomic mass is 32.2. The van der Waals surface area contributed by atoms with Crippen LogP contribution in [0.3, 0.4) is 0 Å². The average Bonchev–Trinajstić information content (AvgIpc) is 4.01. The minimum Gasteiger partial charge on any atom is -0.355 e. The Labute approximate surface area is 370 Å². The maximum atomic E-state index is 13.5. The summed E-state index contributed by atoms with van der Waals surface area (Å²) in [6.07, 6.45) is 7.31. The van der Waals surface area contributed by atoms with E-state index < -0.39 is 33.4 Å². The summed E-state index contributed by atoms with van der Waals surface area (Å²) in [7, 11) is -3.30. The molecule has 63 heavy (non-hydrogen) atoms. The summed E-state index contributed by atoms with van der Waals surface area (Å²) in [6, 6.07) is 2.14. The highest BCUT2D eigenvalue weighted by Crippen LogP contribution is 2.42. The van der Waals surface area contributed by atoms with Crippen molar-refractivity contribution in [2.45, 2.75) is 120 Å². The normalized spacial score (nSPS) is 38.2.